The second kappa shape index (κ2) is 5.99. The number of amides is 1. The third-order valence-electron chi connectivity index (χ3n) is 3.73. The van der Waals surface area contributed by atoms with Crippen molar-refractivity contribution >= 4 is 43.4 Å². The monoisotopic (exact) mass is 352 g/mol. The molecule has 7 nitrogen and oxygen atoms in total. The van der Waals surface area contributed by atoms with E-state index in [1.165, 1.54) is 11.3 Å². The minimum atomic E-state index is -0.439. The lowest BCUT2D eigenvalue weighted by Gasteiger charge is -2.04. The molecule has 0 unspecified atom stereocenters. The first-order chi connectivity index (χ1) is 12.2. The molecule has 2 aromatic carbocycles. The molecular weight excluding hydrogens is 340 g/mol. The van der Waals surface area contributed by atoms with Gasteiger partial charge < -0.3 is 4.74 Å². The maximum absolute atomic E-state index is 12.6. The van der Waals surface area contributed by atoms with E-state index >= 15 is 0 Å². The number of aromatic nitrogens is 3. The Bertz CT molecular complexity index is 1170. The molecule has 2 N–H and O–H groups in total. The highest BCUT2D eigenvalue weighted by Crippen LogP contribution is 2.32. The number of fused-ring (bicyclic) bond motifs is 2. The van der Waals surface area contributed by atoms with Crippen LogP contribution in [0.1, 0.15) is 10.5 Å². The number of para-hydroxylation sites is 1. The summed E-state index contributed by atoms with van der Waals surface area (Å²) in [6, 6.07) is 12.4. The Hall–Kier alpha value is -3.26. The number of nitrogens with one attached hydrogen (secondary N) is 2. The summed E-state index contributed by atoms with van der Waals surface area (Å²) in [6.45, 7) is 0. The van der Waals surface area contributed by atoms with E-state index in [1.807, 2.05) is 18.2 Å². The van der Waals surface area contributed by atoms with Gasteiger partial charge in [-0.25, -0.2) is 10.1 Å². The van der Waals surface area contributed by atoms with Crippen molar-refractivity contribution in [1.29, 1.82) is 0 Å². The molecule has 0 saturated heterocycles. The maximum atomic E-state index is 12.6. The molecule has 0 aliphatic heterocycles. The molecule has 2 heterocycles. The number of benzene rings is 2. The van der Waals surface area contributed by atoms with Crippen molar-refractivity contribution < 1.29 is 9.53 Å². The summed E-state index contributed by atoms with van der Waals surface area (Å²) in [5, 5.41) is 10.3. The van der Waals surface area contributed by atoms with Crippen LogP contribution >= 0.6 is 11.3 Å². The van der Waals surface area contributed by atoms with E-state index in [1.54, 1.807) is 31.4 Å². The first kappa shape index (κ1) is 15.3. The number of H-pyrrole nitrogens is 1. The fourth-order valence-electron chi connectivity index (χ4n) is 2.59. The molecule has 0 spiro atoms. The molecular formula is C17H12N4O3S. The molecule has 8 heteroatoms. The number of carbonyl (C=O) groups is 1. The summed E-state index contributed by atoms with van der Waals surface area (Å²) < 4.78 is 6.18. The van der Waals surface area contributed by atoms with Crippen molar-refractivity contribution in [2.24, 2.45) is 0 Å². The van der Waals surface area contributed by atoms with E-state index in [2.05, 4.69) is 20.5 Å². The number of thiazole rings is 1. The van der Waals surface area contributed by atoms with Crippen LogP contribution in [0, 0.1) is 0 Å². The molecule has 0 atom stereocenters. The highest BCUT2D eigenvalue weighted by atomic mass is 32.1. The highest BCUT2D eigenvalue weighted by molar-refractivity contribution is 7.22. The number of carbonyl (C=O) groups excluding carboxylic acids is 1. The first-order valence-electron chi connectivity index (χ1n) is 7.39. The molecule has 0 radical (unpaired) electrons. The van der Waals surface area contributed by atoms with Crippen molar-refractivity contribution in [2.45, 2.75) is 0 Å². The van der Waals surface area contributed by atoms with Crippen LogP contribution in [0.5, 0.6) is 5.75 Å². The number of methoxy groups -OCH3 is 1. The van der Waals surface area contributed by atoms with Gasteiger partial charge in [-0.3, -0.25) is 14.9 Å². The van der Waals surface area contributed by atoms with Gasteiger partial charge in [-0.1, -0.05) is 35.6 Å². The minimum Gasteiger partial charge on any atom is -0.494 e. The van der Waals surface area contributed by atoms with Crippen molar-refractivity contribution in [3.63, 3.8) is 0 Å². The molecule has 0 fully saturated rings. The van der Waals surface area contributed by atoms with Gasteiger partial charge in [0.25, 0.3) is 11.5 Å². The van der Waals surface area contributed by atoms with Gasteiger partial charge >= 0.3 is 0 Å². The number of hydrogen-bond acceptors (Lipinski definition) is 6. The Balaban J connectivity index is 1.74. The van der Waals surface area contributed by atoms with Crippen LogP contribution in [0.4, 0.5) is 5.13 Å². The average Bonchev–Trinajstić information content (AvgIpc) is 3.04. The molecule has 124 valence electrons. The van der Waals surface area contributed by atoms with Gasteiger partial charge in [-0.2, -0.15) is 5.10 Å². The molecule has 4 aromatic rings. The maximum Gasteiger partial charge on any atom is 0.278 e. The standard InChI is InChI=1S/C17H12N4O3S/c1-24-11-7-4-8-12-14(11)18-17(25-12)19-16(23)13-9-5-2-3-6-10(9)15(22)21-20-13/h2-8H,1H3,(H,21,22)(H,18,19,23). The van der Waals surface area contributed by atoms with E-state index < -0.39 is 5.91 Å². The largest absolute Gasteiger partial charge is 0.494 e. The van der Waals surface area contributed by atoms with Crippen molar-refractivity contribution in [1.82, 2.24) is 15.2 Å². The Labute approximate surface area is 145 Å². The summed E-state index contributed by atoms with van der Waals surface area (Å²) in [7, 11) is 1.57. The summed E-state index contributed by atoms with van der Waals surface area (Å²) in [5.41, 5.74) is 0.489. The van der Waals surface area contributed by atoms with Crippen LogP contribution < -0.4 is 15.6 Å². The van der Waals surface area contributed by atoms with Crippen LogP contribution in [0.25, 0.3) is 21.0 Å². The lowest BCUT2D eigenvalue weighted by Crippen LogP contribution is -2.19. The minimum absolute atomic E-state index is 0.140. The second-order valence-electron chi connectivity index (χ2n) is 5.23. The normalized spacial score (nSPS) is 10.9. The summed E-state index contributed by atoms with van der Waals surface area (Å²) in [5.74, 6) is 0.201. The Morgan fingerprint density at radius 3 is 2.76 bits per heavy atom. The molecule has 0 aliphatic rings. The summed E-state index contributed by atoms with van der Waals surface area (Å²) in [4.78, 5) is 28.8. The van der Waals surface area contributed by atoms with Gasteiger partial charge in [0.05, 0.1) is 17.2 Å². The van der Waals surface area contributed by atoms with Gasteiger partial charge in [0.15, 0.2) is 10.8 Å². The topological polar surface area (TPSA) is 97.0 Å². The highest BCUT2D eigenvalue weighted by Gasteiger charge is 2.16. The number of nitrogens with zero attached hydrogens (tertiary/aromatic N) is 2. The smallest absolute Gasteiger partial charge is 0.278 e. The zero-order valence-electron chi connectivity index (χ0n) is 13.1. The van der Waals surface area contributed by atoms with Crippen LogP contribution in [-0.4, -0.2) is 28.2 Å². The third-order valence-corrected chi connectivity index (χ3v) is 4.67. The second-order valence-corrected chi connectivity index (χ2v) is 6.26. The van der Waals surface area contributed by atoms with Gasteiger partial charge in [0.2, 0.25) is 0 Å². The lowest BCUT2D eigenvalue weighted by atomic mass is 10.1. The van der Waals surface area contributed by atoms with Crippen LogP contribution in [0.3, 0.4) is 0 Å². The van der Waals surface area contributed by atoms with Crippen LogP contribution in [0.2, 0.25) is 0 Å². The van der Waals surface area contributed by atoms with Gasteiger partial charge in [-0.05, 0) is 18.2 Å². The van der Waals surface area contributed by atoms with Crippen molar-refractivity contribution in [3.05, 3.63) is 58.5 Å². The Morgan fingerprint density at radius 2 is 1.96 bits per heavy atom. The molecule has 0 bridgehead atoms. The SMILES string of the molecule is COc1cccc2sc(NC(=O)c3n[nH]c(=O)c4ccccc34)nc12. The average molecular weight is 352 g/mol. The number of rotatable bonds is 3. The first-order valence-corrected chi connectivity index (χ1v) is 8.21. The molecule has 25 heavy (non-hydrogen) atoms. The van der Waals surface area contributed by atoms with Gasteiger partial charge in [-0.15, -0.1) is 0 Å². The zero-order valence-corrected chi connectivity index (χ0v) is 13.9. The fraction of sp³-hybridized carbons (Fsp3) is 0.0588. The Kier molecular flexibility index (Phi) is 3.66. The van der Waals surface area contributed by atoms with Crippen LogP contribution in [-0.2, 0) is 0 Å². The molecule has 0 aliphatic carbocycles. The zero-order chi connectivity index (χ0) is 17.4. The van der Waals surface area contributed by atoms with Gasteiger partial charge in [0, 0.05) is 5.39 Å². The van der Waals surface area contributed by atoms with E-state index in [9.17, 15) is 9.59 Å². The molecule has 2 aromatic heterocycles. The molecule has 4 rings (SSSR count). The number of ether oxygens (including phenoxy) is 1. The van der Waals surface area contributed by atoms with E-state index in [-0.39, 0.29) is 11.3 Å². The van der Waals surface area contributed by atoms with E-state index in [0.29, 0.717) is 27.2 Å². The number of anilines is 1. The number of hydrogen-bond donors (Lipinski definition) is 2. The quantitative estimate of drug-likeness (QED) is 0.591. The van der Waals surface area contributed by atoms with Crippen molar-refractivity contribution in [3.8, 4) is 5.75 Å². The predicted octanol–water partition coefficient (Wildman–Crippen LogP) is 2.79. The molecule has 0 saturated carbocycles. The van der Waals surface area contributed by atoms with E-state index in [0.717, 1.165) is 4.70 Å². The van der Waals surface area contributed by atoms with E-state index in [4.69, 9.17) is 4.74 Å². The summed E-state index contributed by atoms with van der Waals surface area (Å²) >= 11 is 1.34. The Morgan fingerprint density at radius 1 is 1.16 bits per heavy atom. The summed E-state index contributed by atoms with van der Waals surface area (Å²) in [6.07, 6.45) is 0. The lowest BCUT2D eigenvalue weighted by molar-refractivity contribution is 0.102. The van der Waals surface area contributed by atoms with Crippen LogP contribution in [0.15, 0.2) is 47.3 Å². The predicted molar refractivity (Wildman–Crippen MR) is 96.5 cm³/mol. The third kappa shape index (κ3) is 2.62. The fourth-order valence-corrected chi connectivity index (χ4v) is 3.46. The van der Waals surface area contributed by atoms with Crippen molar-refractivity contribution in [2.75, 3.05) is 12.4 Å². The molecule has 1 amide bonds. The van der Waals surface area contributed by atoms with Gasteiger partial charge in [0.1, 0.15) is 11.3 Å². The number of aromatic amines is 1.